The van der Waals surface area contributed by atoms with Crippen LogP contribution in [-0.4, -0.2) is 41.0 Å². The van der Waals surface area contributed by atoms with Crippen LogP contribution < -0.4 is 5.32 Å². The van der Waals surface area contributed by atoms with E-state index in [0.717, 1.165) is 51.7 Å². The van der Waals surface area contributed by atoms with Crippen LogP contribution >= 0.6 is 0 Å². The first-order chi connectivity index (χ1) is 13.1. The molecule has 0 unspecified atom stereocenters. The van der Waals surface area contributed by atoms with Gasteiger partial charge in [0.25, 0.3) is 0 Å². The number of carbonyl (C=O) groups excluding carboxylic acids is 1. The molecule has 1 aromatic carbocycles. The highest BCUT2D eigenvalue weighted by Gasteiger charge is 2.54. The Hall–Kier alpha value is -1.88. The molecule has 5 heteroatoms. The molecule has 0 bridgehead atoms. The molecule has 4 rings (SSSR count). The Bertz CT molecular complexity index is 684. The number of hydrogen-bond donors (Lipinski definition) is 2. The van der Waals surface area contributed by atoms with E-state index < -0.39 is 5.97 Å². The molecular formula is C22H30N2O3. The minimum Gasteiger partial charge on any atom is -0.481 e. The van der Waals surface area contributed by atoms with Gasteiger partial charge in [0.2, 0.25) is 5.91 Å². The van der Waals surface area contributed by atoms with Crippen molar-refractivity contribution in [3.05, 3.63) is 35.9 Å². The molecular weight excluding hydrogens is 340 g/mol. The zero-order chi connectivity index (χ0) is 18.9. The lowest BCUT2D eigenvalue weighted by atomic mass is 9.78. The smallest absolute Gasteiger partial charge is 0.306 e. The Kier molecular flexibility index (Phi) is 5.22. The predicted molar refractivity (Wildman–Crippen MR) is 103 cm³/mol. The van der Waals surface area contributed by atoms with Crippen molar-refractivity contribution in [3.8, 4) is 0 Å². The largest absolute Gasteiger partial charge is 0.481 e. The molecule has 2 N–H and O–H groups in total. The van der Waals surface area contributed by atoms with Crippen LogP contribution in [0.15, 0.2) is 30.3 Å². The first kappa shape index (κ1) is 18.5. The van der Waals surface area contributed by atoms with E-state index in [0.29, 0.717) is 18.8 Å². The van der Waals surface area contributed by atoms with Gasteiger partial charge in [0, 0.05) is 25.7 Å². The molecule has 1 amide bonds. The van der Waals surface area contributed by atoms with Crippen LogP contribution in [-0.2, 0) is 16.1 Å². The van der Waals surface area contributed by atoms with Crippen molar-refractivity contribution in [2.45, 2.75) is 57.5 Å². The Balaban J connectivity index is 1.38. The van der Waals surface area contributed by atoms with Gasteiger partial charge in [-0.1, -0.05) is 36.8 Å². The first-order valence-electron chi connectivity index (χ1n) is 10.4. The third-order valence-electron chi connectivity index (χ3n) is 7.05. The van der Waals surface area contributed by atoms with Crippen LogP contribution in [0.3, 0.4) is 0 Å². The van der Waals surface area contributed by atoms with Crippen molar-refractivity contribution in [1.82, 2.24) is 10.2 Å². The van der Waals surface area contributed by atoms with Crippen LogP contribution in [0.4, 0.5) is 0 Å². The molecule has 1 aromatic rings. The number of fused-ring (bicyclic) bond motifs is 1. The second-order valence-corrected chi connectivity index (χ2v) is 8.76. The maximum absolute atomic E-state index is 13.3. The Morgan fingerprint density at radius 2 is 1.85 bits per heavy atom. The van der Waals surface area contributed by atoms with Gasteiger partial charge in [0.1, 0.15) is 0 Å². The first-order valence-corrected chi connectivity index (χ1v) is 10.4. The summed E-state index contributed by atoms with van der Waals surface area (Å²) in [5.74, 6) is -0.249. The number of hydrogen-bond acceptors (Lipinski definition) is 3. The maximum Gasteiger partial charge on any atom is 0.306 e. The van der Waals surface area contributed by atoms with Crippen LogP contribution in [0.1, 0.15) is 50.5 Å². The van der Waals surface area contributed by atoms with Gasteiger partial charge in [-0.05, 0) is 50.0 Å². The van der Waals surface area contributed by atoms with Crippen molar-refractivity contribution in [2.24, 2.45) is 17.3 Å². The van der Waals surface area contributed by atoms with Gasteiger partial charge < -0.3 is 10.4 Å². The molecule has 2 aliphatic carbocycles. The number of nitrogens with zero attached hydrogens (tertiary/aromatic N) is 1. The summed E-state index contributed by atoms with van der Waals surface area (Å²) in [6, 6.07) is 10.6. The molecule has 146 valence electrons. The fourth-order valence-electron chi connectivity index (χ4n) is 5.54. The number of carboxylic acid groups (broad SMARTS) is 1. The number of benzene rings is 1. The summed E-state index contributed by atoms with van der Waals surface area (Å²) < 4.78 is 0. The molecule has 1 heterocycles. The lowest BCUT2D eigenvalue weighted by molar-refractivity contribution is -0.142. The number of rotatable bonds is 5. The topological polar surface area (TPSA) is 69.6 Å². The summed E-state index contributed by atoms with van der Waals surface area (Å²) >= 11 is 0. The van der Waals surface area contributed by atoms with Gasteiger partial charge >= 0.3 is 5.97 Å². The quantitative estimate of drug-likeness (QED) is 0.836. The maximum atomic E-state index is 13.3. The summed E-state index contributed by atoms with van der Waals surface area (Å²) in [5, 5.41) is 12.5. The molecule has 27 heavy (non-hydrogen) atoms. The Morgan fingerprint density at radius 3 is 2.56 bits per heavy atom. The van der Waals surface area contributed by atoms with Gasteiger partial charge in [0.05, 0.1) is 11.3 Å². The Labute approximate surface area is 161 Å². The average Bonchev–Trinajstić information content (AvgIpc) is 3.21. The van der Waals surface area contributed by atoms with Gasteiger partial charge in [-0.25, -0.2) is 0 Å². The van der Waals surface area contributed by atoms with Gasteiger partial charge in [-0.2, -0.15) is 0 Å². The molecule has 0 spiro atoms. The number of aliphatic carboxylic acids is 1. The van der Waals surface area contributed by atoms with Crippen LogP contribution in [0.5, 0.6) is 0 Å². The standard InChI is InChI=1S/C22H30N2O3/c25-20(26)17-8-10-19(11-9-17)23-21(27)22-12-4-7-18(22)14-24(15-22)13-16-5-2-1-3-6-16/h1-3,5-6,17-19H,4,7-15H2,(H,23,27)(H,25,26)/t17?,18-,19?,22-/m1/s1. The van der Waals surface area contributed by atoms with Gasteiger partial charge in [0.15, 0.2) is 0 Å². The number of likely N-dealkylation sites (tertiary alicyclic amines) is 1. The fourth-order valence-corrected chi connectivity index (χ4v) is 5.54. The van der Waals surface area contributed by atoms with Crippen molar-refractivity contribution < 1.29 is 14.7 Å². The molecule has 5 nitrogen and oxygen atoms in total. The van der Waals surface area contributed by atoms with Crippen molar-refractivity contribution in [2.75, 3.05) is 13.1 Å². The normalized spacial score (nSPS) is 33.6. The zero-order valence-corrected chi connectivity index (χ0v) is 15.9. The van der Waals surface area contributed by atoms with E-state index in [4.69, 9.17) is 5.11 Å². The van der Waals surface area contributed by atoms with Crippen LogP contribution in [0, 0.1) is 17.3 Å². The van der Waals surface area contributed by atoms with Crippen molar-refractivity contribution in [1.29, 1.82) is 0 Å². The lowest BCUT2D eigenvalue weighted by Gasteiger charge is -2.33. The number of carbonyl (C=O) groups is 2. The van der Waals surface area contributed by atoms with Gasteiger partial charge in [-0.3, -0.25) is 14.5 Å². The second kappa shape index (κ2) is 7.63. The van der Waals surface area contributed by atoms with E-state index in [9.17, 15) is 9.59 Å². The molecule has 1 saturated heterocycles. The highest BCUT2D eigenvalue weighted by atomic mass is 16.4. The summed E-state index contributed by atoms with van der Waals surface area (Å²) in [6.45, 7) is 2.77. The van der Waals surface area contributed by atoms with Crippen molar-refractivity contribution >= 4 is 11.9 Å². The van der Waals surface area contributed by atoms with E-state index in [1.165, 1.54) is 5.56 Å². The van der Waals surface area contributed by atoms with E-state index in [1.54, 1.807) is 0 Å². The van der Waals surface area contributed by atoms with E-state index in [1.807, 2.05) is 6.07 Å². The highest BCUT2D eigenvalue weighted by Crippen LogP contribution is 2.49. The molecule has 1 aliphatic heterocycles. The van der Waals surface area contributed by atoms with Crippen LogP contribution in [0.2, 0.25) is 0 Å². The summed E-state index contributed by atoms with van der Waals surface area (Å²) in [7, 11) is 0. The van der Waals surface area contributed by atoms with Crippen LogP contribution in [0.25, 0.3) is 0 Å². The van der Waals surface area contributed by atoms with E-state index in [2.05, 4.69) is 34.5 Å². The summed E-state index contributed by atoms with van der Waals surface area (Å²) in [6.07, 6.45) is 6.20. The predicted octanol–water partition coefficient (Wildman–Crippen LogP) is 3.05. The Morgan fingerprint density at radius 1 is 1.11 bits per heavy atom. The molecule has 2 atom stereocenters. The molecule has 2 saturated carbocycles. The van der Waals surface area contributed by atoms with E-state index >= 15 is 0 Å². The van der Waals surface area contributed by atoms with E-state index in [-0.39, 0.29) is 23.3 Å². The highest BCUT2D eigenvalue weighted by molar-refractivity contribution is 5.84. The molecule has 3 aliphatic rings. The second-order valence-electron chi connectivity index (χ2n) is 8.76. The zero-order valence-electron chi connectivity index (χ0n) is 15.9. The minimum absolute atomic E-state index is 0.145. The van der Waals surface area contributed by atoms with Gasteiger partial charge in [-0.15, -0.1) is 0 Å². The van der Waals surface area contributed by atoms with Crippen molar-refractivity contribution in [3.63, 3.8) is 0 Å². The number of nitrogens with one attached hydrogen (secondary N) is 1. The minimum atomic E-state index is -0.693. The fraction of sp³-hybridized carbons (Fsp3) is 0.636. The molecule has 0 aromatic heterocycles. The lowest BCUT2D eigenvalue weighted by Crippen LogP contribution is -2.49. The summed E-state index contributed by atoms with van der Waals surface area (Å²) in [4.78, 5) is 26.9. The number of carboxylic acids is 1. The third kappa shape index (κ3) is 3.75. The number of amides is 1. The summed E-state index contributed by atoms with van der Waals surface area (Å²) in [5.41, 5.74) is 1.07. The molecule has 3 fully saturated rings. The SMILES string of the molecule is O=C(O)C1CCC(NC(=O)[C@@]23CCC[C@@H]2CN(Cc2ccccc2)C3)CC1. The third-order valence-corrected chi connectivity index (χ3v) is 7.05. The monoisotopic (exact) mass is 370 g/mol. The molecule has 0 radical (unpaired) electrons. The average molecular weight is 370 g/mol.